The van der Waals surface area contributed by atoms with Crippen molar-refractivity contribution in [1.29, 1.82) is 0 Å². The molecule has 0 saturated carbocycles. The normalized spacial score (nSPS) is 13.7. The average molecular weight is 511 g/mol. The summed E-state index contributed by atoms with van der Waals surface area (Å²) in [6, 6.07) is 21.4. The van der Waals surface area contributed by atoms with Crippen LogP contribution < -0.4 is 0 Å². The van der Waals surface area contributed by atoms with Crippen LogP contribution in [0.1, 0.15) is 132 Å². The topological polar surface area (TPSA) is 0 Å². The van der Waals surface area contributed by atoms with Gasteiger partial charge < -0.3 is 0 Å². The van der Waals surface area contributed by atoms with Crippen molar-refractivity contribution < 1.29 is 0 Å². The van der Waals surface area contributed by atoms with Gasteiger partial charge in [-0.1, -0.05) is 158 Å². The van der Waals surface area contributed by atoms with E-state index in [2.05, 4.69) is 158 Å². The Kier molecular flexibility index (Phi) is 7.70. The lowest BCUT2D eigenvalue weighted by Crippen LogP contribution is -2.20. The molecule has 0 aliphatic rings. The Morgan fingerprint density at radius 1 is 0.342 bits per heavy atom. The molecule has 0 atom stereocenters. The lowest BCUT2D eigenvalue weighted by atomic mass is 9.71. The summed E-state index contributed by atoms with van der Waals surface area (Å²) in [6.07, 6.45) is 0. The molecule has 0 amide bonds. The predicted octanol–water partition coefficient (Wildman–Crippen LogP) is 11.5. The van der Waals surface area contributed by atoms with Crippen molar-refractivity contribution in [2.45, 2.75) is 131 Å². The standard InChI is InChI=1S/C38H54/c1-34(2,3)25-19-21-27(31(23-25)37(10,11)12)28-17-16-18-30(36(7,8)9)33(28)29-22-20-26(35(4,5)6)24-32(29)38(13,14)15/h16-24H,1-15H3. The first kappa shape index (κ1) is 30.2. The van der Waals surface area contributed by atoms with E-state index in [0.29, 0.717) is 0 Å². The van der Waals surface area contributed by atoms with E-state index in [9.17, 15) is 0 Å². The predicted molar refractivity (Wildman–Crippen MR) is 171 cm³/mol. The molecule has 3 rings (SSSR count). The van der Waals surface area contributed by atoms with Crippen molar-refractivity contribution in [3.8, 4) is 22.3 Å². The fraction of sp³-hybridized carbons (Fsp3) is 0.526. The molecule has 0 aliphatic carbocycles. The SMILES string of the molecule is CC(C)(C)c1ccc(-c2cccc(C(C)(C)C)c2-c2ccc(C(C)(C)C)cc2C(C)(C)C)c(C(C)(C)C)c1. The van der Waals surface area contributed by atoms with Crippen molar-refractivity contribution in [1.82, 2.24) is 0 Å². The Morgan fingerprint density at radius 2 is 0.737 bits per heavy atom. The van der Waals surface area contributed by atoms with Gasteiger partial charge in [-0.25, -0.2) is 0 Å². The summed E-state index contributed by atoms with van der Waals surface area (Å²) in [6.45, 7) is 35.1. The average Bonchev–Trinajstić information content (AvgIpc) is 2.74. The van der Waals surface area contributed by atoms with Crippen molar-refractivity contribution in [3.05, 3.63) is 82.4 Å². The molecule has 0 fully saturated rings. The third-order valence-corrected chi connectivity index (χ3v) is 7.82. The highest BCUT2D eigenvalue weighted by Gasteiger charge is 2.30. The Hall–Kier alpha value is -2.34. The minimum Gasteiger partial charge on any atom is -0.0613 e. The zero-order chi connectivity index (χ0) is 29.1. The molecule has 206 valence electrons. The second kappa shape index (κ2) is 9.69. The molecule has 0 radical (unpaired) electrons. The summed E-state index contributed by atoms with van der Waals surface area (Å²) in [5.41, 5.74) is 12.7. The minimum absolute atomic E-state index is 0.0104. The van der Waals surface area contributed by atoms with Gasteiger partial charge in [0.2, 0.25) is 0 Å². The van der Waals surface area contributed by atoms with Gasteiger partial charge in [0, 0.05) is 0 Å². The van der Waals surface area contributed by atoms with Crippen LogP contribution in [0.4, 0.5) is 0 Å². The van der Waals surface area contributed by atoms with E-state index in [1.54, 1.807) is 0 Å². The maximum atomic E-state index is 2.48. The van der Waals surface area contributed by atoms with Crippen molar-refractivity contribution >= 4 is 0 Å². The molecule has 0 saturated heterocycles. The molecule has 3 aromatic carbocycles. The van der Waals surface area contributed by atoms with Gasteiger partial charge in [0.25, 0.3) is 0 Å². The maximum absolute atomic E-state index is 2.48. The summed E-state index contributed by atoms with van der Waals surface area (Å²) < 4.78 is 0. The molecular weight excluding hydrogens is 456 g/mol. The molecule has 3 aromatic rings. The third kappa shape index (κ3) is 6.27. The number of hydrogen-bond acceptors (Lipinski definition) is 0. The van der Waals surface area contributed by atoms with Gasteiger partial charge in [-0.05, 0) is 77.1 Å². The Balaban J connectivity index is 2.53. The van der Waals surface area contributed by atoms with E-state index in [4.69, 9.17) is 0 Å². The van der Waals surface area contributed by atoms with Gasteiger partial charge in [-0.15, -0.1) is 0 Å². The molecule has 0 bridgehead atoms. The Bertz CT molecular complexity index is 1300. The molecule has 38 heavy (non-hydrogen) atoms. The zero-order valence-electron chi connectivity index (χ0n) is 27.2. The quantitative estimate of drug-likeness (QED) is 0.321. The van der Waals surface area contributed by atoms with Gasteiger partial charge in [0.05, 0.1) is 0 Å². The molecule has 0 heteroatoms. The van der Waals surface area contributed by atoms with Crippen LogP contribution in [-0.4, -0.2) is 0 Å². The van der Waals surface area contributed by atoms with E-state index >= 15 is 0 Å². The van der Waals surface area contributed by atoms with Crippen LogP contribution in [0.15, 0.2) is 54.6 Å². The molecule has 0 aromatic heterocycles. The van der Waals surface area contributed by atoms with Crippen molar-refractivity contribution in [3.63, 3.8) is 0 Å². The van der Waals surface area contributed by atoms with E-state index < -0.39 is 0 Å². The third-order valence-electron chi connectivity index (χ3n) is 7.82. The molecular formula is C38H54. The summed E-state index contributed by atoms with van der Waals surface area (Å²) >= 11 is 0. The summed E-state index contributed by atoms with van der Waals surface area (Å²) in [5.74, 6) is 0. The van der Waals surface area contributed by atoms with Crippen molar-refractivity contribution in [2.75, 3.05) is 0 Å². The van der Waals surface area contributed by atoms with E-state index in [1.165, 1.54) is 50.1 Å². The monoisotopic (exact) mass is 510 g/mol. The second-order valence-electron chi connectivity index (χ2n) is 16.5. The van der Waals surface area contributed by atoms with Crippen LogP contribution in [0, 0.1) is 0 Å². The van der Waals surface area contributed by atoms with Gasteiger partial charge in [0.1, 0.15) is 0 Å². The Morgan fingerprint density at radius 3 is 1.13 bits per heavy atom. The molecule has 0 nitrogen and oxygen atoms in total. The minimum atomic E-state index is 0.0104. The Labute approximate surface area is 235 Å². The molecule has 0 aliphatic heterocycles. The molecule has 0 heterocycles. The van der Waals surface area contributed by atoms with Crippen molar-refractivity contribution in [2.24, 2.45) is 0 Å². The highest BCUT2D eigenvalue weighted by atomic mass is 14.3. The first-order chi connectivity index (χ1) is 17.0. The lowest BCUT2D eigenvalue weighted by Gasteiger charge is -2.33. The molecule has 0 N–H and O–H groups in total. The van der Waals surface area contributed by atoms with Gasteiger partial charge >= 0.3 is 0 Å². The zero-order valence-corrected chi connectivity index (χ0v) is 27.2. The highest BCUT2D eigenvalue weighted by Crippen LogP contribution is 2.47. The number of rotatable bonds is 2. The van der Waals surface area contributed by atoms with E-state index in [0.717, 1.165) is 0 Å². The van der Waals surface area contributed by atoms with Crippen LogP contribution in [0.3, 0.4) is 0 Å². The smallest absolute Gasteiger partial charge is 0.00649 e. The van der Waals surface area contributed by atoms with Gasteiger partial charge in [-0.3, -0.25) is 0 Å². The fourth-order valence-electron chi connectivity index (χ4n) is 5.41. The summed E-state index contributed by atoms with van der Waals surface area (Å²) in [7, 11) is 0. The summed E-state index contributed by atoms with van der Waals surface area (Å²) in [5, 5.41) is 0. The van der Waals surface area contributed by atoms with Crippen LogP contribution in [-0.2, 0) is 27.1 Å². The van der Waals surface area contributed by atoms with Gasteiger partial charge in [-0.2, -0.15) is 0 Å². The first-order valence-corrected chi connectivity index (χ1v) is 14.5. The van der Waals surface area contributed by atoms with Gasteiger partial charge in [0.15, 0.2) is 0 Å². The lowest BCUT2D eigenvalue weighted by molar-refractivity contribution is 0.567. The second-order valence-corrected chi connectivity index (χ2v) is 16.5. The molecule has 0 unspecified atom stereocenters. The largest absolute Gasteiger partial charge is 0.0613 e. The van der Waals surface area contributed by atoms with E-state index in [1.807, 2.05) is 0 Å². The first-order valence-electron chi connectivity index (χ1n) is 14.5. The van der Waals surface area contributed by atoms with Crippen LogP contribution in [0.25, 0.3) is 22.3 Å². The molecule has 0 spiro atoms. The van der Waals surface area contributed by atoms with Crippen LogP contribution >= 0.6 is 0 Å². The highest BCUT2D eigenvalue weighted by molar-refractivity contribution is 5.90. The maximum Gasteiger partial charge on any atom is -0.00649 e. The number of hydrogen-bond donors (Lipinski definition) is 0. The summed E-state index contributed by atoms with van der Waals surface area (Å²) in [4.78, 5) is 0. The van der Waals surface area contributed by atoms with Crippen LogP contribution in [0.2, 0.25) is 0 Å². The fourth-order valence-corrected chi connectivity index (χ4v) is 5.41. The van der Waals surface area contributed by atoms with E-state index in [-0.39, 0.29) is 27.1 Å². The van der Waals surface area contributed by atoms with Crippen LogP contribution in [0.5, 0.6) is 0 Å². The number of benzene rings is 3.